The molecule has 0 amide bonds. The molecule has 2 aromatic rings. The number of esters is 1. The molecule has 0 aliphatic heterocycles. The van der Waals surface area contributed by atoms with Crippen molar-refractivity contribution in [2.45, 2.75) is 59.3 Å². The van der Waals surface area contributed by atoms with Crippen molar-refractivity contribution in [2.75, 3.05) is 7.11 Å². The van der Waals surface area contributed by atoms with Gasteiger partial charge < -0.3 is 4.74 Å². The lowest BCUT2D eigenvalue weighted by atomic mass is 9.72. The lowest BCUT2D eigenvalue weighted by molar-refractivity contribution is 0.0600. The van der Waals surface area contributed by atoms with E-state index in [1.165, 1.54) is 23.8 Å². The van der Waals surface area contributed by atoms with E-state index in [1.807, 2.05) is 12.1 Å². The van der Waals surface area contributed by atoms with Crippen LogP contribution >= 0.6 is 0 Å². The zero-order valence-electron chi connectivity index (χ0n) is 20.4. The Morgan fingerprint density at radius 1 is 1.06 bits per heavy atom. The number of carbonyl (C=O) groups excluding carboxylic acids is 1. The molecule has 1 aliphatic rings. The predicted molar refractivity (Wildman–Crippen MR) is 136 cm³/mol. The zero-order chi connectivity index (χ0) is 23.5. The Labute approximate surface area is 193 Å². The fourth-order valence-electron chi connectivity index (χ4n) is 4.17. The minimum atomic E-state index is -0.328. The molecule has 2 heteroatoms. The van der Waals surface area contributed by atoms with Gasteiger partial charge in [0.1, 0.15) is 0 Å². The highest BCUT2D eigenvalue weighted by Crippen LogP contribution is 2.41. The fraction of sp³-hybridized carbons (Fsp3) is 0.367. The van der Waals surface area contributed by atoms with Crippen LogP contribution in [0, 0.1) is 5.41 Å². The molecule has 0 unspecified atom stereocenters. The van der Waals surface area contributed by atoms with Gasteiger partial charge in [0.05, 0.1) is 12.7 Å². The van der Waals surface area contributed by atoms with Crippen LogP contribution in [0.1, 0.15) is 86.5 Å². The average Bonchev–Trinajstić information content (AvgIpc) is 2.82. The van der Waals surface area contributed by atoms with Crippen molar-refractivity contribution in [1.82, 2.24) is 0 Å². The number of hydrogen-bond donors (Lipinski definition) is 0. The molecular weight excluding hydrogens is 392 g/mol. The Bertz CT molecular complexity index is 1060. The summed E-state index contributed by atoms with van der Waals surface area (Å²) in [5.74, 6) is -0.328. The van der Waals surface area contributed by atoms with E-state index in [-0.39, 0.29) is 16.8 Å². The summed E-state index contributed by atoms with van der Waals surface area (Å²) in [4.78, 5) is 11.7. The van der Waals surface area contributed by atoms with Gasteiger partial charge in [-0.1, -0.05) is 83.7 Å². The quantitative estimate of drug-likeness (QED) is 0.418. The number of carbonyl (C=O) groups is 1. The van der Waals surface area contributed by atoms with Crippen molar-refractivity contribution in [3.8, 4) is 0 Å². The van der Waals surface area contributed by atoms with Gasteiger partial charge in [0, 0.05) is 0 Å². The number of fused-ring (bicyclic) bond motifs is 1. The van der Waals surface area contributed by atoms with Crippen molar-refractivity contribution >= 4 is 17.1 Å². The molecule has 3 rings (SSSR count). The largest absolute Gasteiger partial charge is 0.465 e. The Hall–Kier alpha value is -2.87. The highest BCUT2D eigenvalue weighted by molar-refractivity contribution is 5.90. The van der Waals surface area contributed by atoms with E-state index in [9.17, 15) is 4.79 Å². The topological polar surface area (TPSA) is 26.3 Å². The second kappa shape index (κ2) is 9.32. The molecule has 0 saturated carbocycles. The van der Waals surface area contributed by atoms with Crippen LogP contribution in [-0.4, -0.2) is 13.1 Å². The van der Waals surface area contributed by atoms with E-state index < -0.39 is 0 Å². The molecule has 0 heterocycles. The third-order valence-electron chi connectivity index (χ3n) is 7.18. The monoisotopic (exact) mass is 428 g/mol. The molecule has 0 bridgehead atoms. The van der Waals surface area contributed by atoms with Crippen LogP contribution in [0.25, 0.3) is 11.1 Å². The first-order valence-corrected chi connectivity index (χ1v) is 11.6. The van der Waals surface area contributed by atoms with Crippen LogP contribution in [0.2, 0.25) is 0 Å². The first-order chi connectivity index (χ1) is 15.1. The van der Waals surface area contributed by atoms with Crippen LogP contribution in [0.4, 0.5) is 0 Å². The number of hydrogen-bond acceptors (Lipinski definition) is 2. The summed E-state index contributed by atoms with van der Waals surface area (Å²) in [6.45, 7) is 15.8. The molecule has 0 radical (unpaired) electrons. The van der Waals surface area contributed by atoms with E-state index in [2.05, 4.69) is 77.6 Å². The molecule has 0 atom stereocenters. The first-order valence-electron chi connectivity index (χ1n) is 11.6. The third-order valence-corrected chi connectivity index (χ3v) is 7.18. The van der Waals surface area contributed by atoms with E-state index in [0.717, 1.165) is 36.0 Å². The van der Waals surface area contributed by atoms with Gasteiger partial charge in [-0.15, -0.1) is 0 Å². The number of benzene rings is 2. The first kappa shape index (κ1) is 23.8. The van der Waals surface area contributed by atoms with Crippen molar-refractivity contribution in [2.24, 2.45) is 5.41 Å². The van der Waals surface area contributed by atoms with Crippen LogP contribution in [0.5, 0.6) is 0 Å². The van der Waals surface area contributed by atoms with Crippen LogP contribution in [0.15, 0.2) is 67.3 Å². The van der Waals surface area contributed by atoms with Crippen molar-refractivity contribution < 1.29 is 9.53 Å². The molecule has 32 heavy (non-hydrogen) atoms. The van der Waals surface area contributed by atoms with Crippen molar-refractivity contribution in [3.05, 3.63) is 95.1 Å². The Morgan fingerprint density at radius 2 is 1.66 bits per heavy atom. The minimum absolute atomic E-state index is 0.105. The number of ether oxygens (including phenoxy) is 1. The molecule has 0 fully saturated rings. The van der Waals surface area contributed by atoms with Crippen LogP contribution in [-0.2, 0) is 10.2 Å². The summed E-state index contributed by atoms with van der Waals surface area (Å²) in [5.41, 5.74) is 7.87. The van der Waals surface area contributed by atoms with E-state index in [4.69, 9.17) is 4.74 Å². The minimum Gasteiger partial charge on any atom is -0.465 e. The Kier molecular flexibility index (Phi) is 6.93. The highest BCUT2D eigenvalue weighted by Gasteiger charge is 2.28. The molecule has 0 saturated heterocycles. The van der Waals surface area contributed by atoms with Gasteiger partial charge in [0.25, 0.3) is 0 Å². The summed E-state index contributed by atoms with van der Waals surface area (Å²) in [5, 5.41) is 0. The number of allylic oxidation sites excluding steroid dienone is 4. The normalized spacial score (nSPS) is 15.2. The zero-order valence-corrected chi connectivity index (χ0v) is 20.4. The molecule has 0 spiro atoms. The third kappa shape index (κ3) is 4.80. The molecule has 168 valence electrons. The SMILES string of the molecule is C=C(c1ccc(C(=O)OC)cc1)c1ccc2c(c1)C(C=CC(C)(CC)CC)=CCC2(C)C. The summed E-state index contributed by atoms with van der Waals surface area (Å²) in [7, 11) is 1.40. The maximum Gasteiger partial charge on any atom is 0.337 e. The van der Waals surface area contributed by atoms with Gasteiger partial charge in [-0.2, -0.15) is 0 Å². The van der Waals surface area contributed by atoms with Gasteiger partial charge >= 0.3 is 5.97 Å². The predicted octanol–water partition coefficient (Wildman–Crippen LogP) is 7.98. The summed E-state index contributed by atoms with van der Waals surface area (Å²) >= 11 is 0. The maximum absolute atomic E-state index is 11.7. The molecule has 2 nitrogen and oxygen atoms in total. The van der Waals surface area contributed by atoms with Crippen LogP contribution < -0.4 is 0 Å². The van der Waals surface area contributed by atoms with Gasteiger partial charge in [0.2, 0.25) is 0 Å². The maximum atomic E-state index is 11.7. The second-order valence-corrected chi connectivity index (χ2v) is 9.75. The fourth-order valence-corrected chi connectivity index (χ4v) is 4.17. The lowest BCUT2D eigenvalue weighted by Crippen LogP contribution is -2.21. The summed E-state index contributed by atoms with van der Waals surface area (Å²) < 4.78 is 4.80. The van der Waals surface area contributed by atoms with Crippen molar-refractivity contribution in [1.29, 1.82) is 0 Å². The molecular formula is C30H36O2. The van der Waals surface area contributed by atoms with E-state index in [0.29, 0.717) is 5.56 Å². The van der Waals surface area contributed by atoms with E-state index >= 15 is 0 Å². The highest BCUT2D eigenvalue weighted by atomic mass is 16.5. The number of rotatable bonds is 7. The molecule has 0 N–H and O–H groups in total. The summed E-state index contributed by atoms with van der Waals surface area (Å²) in [6, 6.07) is 14.2. The van der Waals surface area contributed by atoms with Crippen molar-refractivity contribution in [3.63, 3.8) is 0 Å². The van der Waals surface area contributed by atoms with Gasteiger partial charge in [0.15, 0.2) is 0 Å². The Balaban J connectivity index is 1.98. The smallest absolute Gasteiger partial charge is 0.337 e. The summed E-state index contributed by atoms with van der Waals surface area (Å²) in [6.07, 6.45) is 10.4. The van der Waals surface area contributed by atoms with Gasteiger partial charge in [-0.3, -0.25) is 0 Å². The van der Waals surface area contributed by atoms with Gasteiger partial charge in [-0.05, 0) is 81.7 Å². The van der Waals surface area contributed by atoms with Crippen LogP contribution in [0.3, 0.4) is 0 Å². The number of methoxy groups -OCH3 is 1. The standard InChI is InChI=1S/C30H36O2/c1-8-30(6,9-2)19-17-23-16-18-29(4,5)27-15-14-25(20-26(23)27)21(3)22-10-12-24(13-11-22)28(31)32-7/h10-17,19-20H,3,8-9,18H2,1-2,4-7H3. The average molecular weight is 429 g/mol. The lowest BCUT2D eigenvalue weighted by Gasteiger charge is -2.32. The van der Waals surface area contributed by atoms with Gasteiger partial charge in [-0.25, -0.2) is 4.79 Å². The second-order valence-electron chi connectivity index (χ2n) is 9.75. The molecule has 1 aliphatic carbocycles. The Morgan fingerprint density at radius 3 is 2.25 bits per heavy atom. The molecule has 0 aromatic heterocycles. The molecule has 2 aromatic carbocycles. The van der Waals surface area contributed by atoms with E-state index in [1.54, 1.807) is 12.1 Å².